The van der Waals surface area contributed by atoms with Gasteiger partial charge in [-0.15, -0.1) is 11.3 Å². The van der Waals surface area contributed by atoms with Gasteiger partial charge in [-0.3, -0.25) is 20.4 Å². The van der Waals surface area contributed by atoms with E-state index in [9.17, 15) is 23.2 Å². The summed E-state index contributed by atoms with van der Waals surface area (Å²) in [5, 5.41) is 13.9. The van der Waals surface area contributed by atoms with Gasteiger partial charge in [-0.1, -0.05) is 30.3 Å². The number of carbonyl (C=O) groups excluding carboxylic acids is 1. The first kappa shape index (κ1) is 23.5. The lowest BCUT2D eigenvalue weighted by atomic mass is 10.1. The number of alkyl halides is 3. The molecule has 0 fully saturated rings. The molecule has 10 heteroatoms. The molecular weight excluding hydrogens is 467 g/mol. The standard InChI is InChI=1S/C24H20F3N3O3S/c1-2-30(32)18-8-4-6-16(13-18)20-9-10-21(33-20)22(31)29-23-28-14-19(34-23)12-15-5-3-7-17(11-15)24(25,26)27/h3-11,13-14,32H,2,12H2,1H3,(H,28,29,31). The zero-order valence-corrected chi connectivity index (χ0v) is 18.8. The van der Waals surface area contributed by atoms with Gasteiger partial charge in [0.2, 0.25) is 0 Å². The van der Waals surface area contributed by atoms with Crippen molar-refractivity contribution in [3.63, 3.8) is 0 Å². The van der Waals surface area contributed by atoms with Crippen molar-refractivity contribution >= 4 is 28.1 Å². The van der Waals surface area contributed by atoms with Gasteiger partial charge in [-0.2, -0.15) is 13.2 Å². The molecule has 2 heterocycles. The highest BCUT2D eigenvalue weighted by Gasteiger charge is 2.30. The fourth-order valence-corrected chi connectivity index (χ4v) is 4.12. The molecule has 4 aromatic rings. The van der Waals surface area contributed by atoms with Gasteiger partial charge < -0.3 is 4.42 Å². The molecule has 0 atom stereocenters. The zero-order valence-electron chi connectivity index (χ0n) is 18.0. The average molecular weight is 488 g/mol. The molecule has 176 valence electrons. The largest absolute Gasteiger partial charge is 0.451 e. The first-order valence-electron chi connectivity index (χ1n) is 10.3. The number of amides is 1. The van der Waals surface area contributed by atoms with Crippen LogP contribution in [0.25, 0.3) is 11.3 Å². The number of rotatable bonds is 7. The van der Waals surface area contributed by atoms with Crippen LogP contribution < -0.4 is 10.4 Å². The molecular formula is C24H20F3N3O3S. The van der Waals surface area contributed by atoms with Gasteiger partial charge in [0.25, 0.3) is 5.91 Å². The minimum absolute atomic E-state index is 0.0753. The van der Waals surface area contributed by atoms with Crippen LogP contribution in [-0.4, -0.2) is 22.6 Å². The molecule has 2 aromatic carbocycles. The third kappa shape index (κ3) is 5.46. The van der Waals surface area contributed by atoms with Gasteiger partial charge in [0.15, 0.2) is 10.9 Å². The number of hydroxylamine groups is 1. The number of carbonyl (C=O) groups is 1. The highest BCUT2D eigenvalue weighted by atomic mass is 32.1. The number of furan rings is 1. The highest BCUT2D eigenvalue weighted by molar-refractivity contribution is 7.15. The number of nitrogens with zero attached hydrogens (tertiary/aromatic N) is 2. The molecule has 0 bridgehead atoms. The second-order valence-electron chi connectivity index (χ2n) is 7.39. The molecule has 2 aromatic heterocycles. The highest BCUT2D eigenvalue weighted by Crippen LogP contribution is 2.31. The Kier molecular flexibility index (Phi) is 6.71. The lowest BCUT2D eigenvalue weighted by molar-refractivity contribution is -0.137. The van der Waals surface area contributed by atoms with Crippen molar-refractivity contribution in [2.24, 2.45) is 0 Å². The summed E-state index contributed by atoms with van der Waals surface area (Å²) >= 11 is 1.18. The van der Waals surface area contributed by atoms with Gasteiger partial charge in [0, 0.05) is 29.6 Å². The topological polar surface area (TPSA) is 78.6 Å². The first-order valence-corrected chi connectivity index (χ1v) is 11.1. The normalized spacial score (nSPS) is 11.4. The Balaban J connectivity index is 1.43. The van der Waals surface area contributed by atoms with Crippen LogP contribution in [0.3, 0.4) is 0 Å². The van der Waals surface area contributed by atoms with E-state index >= 15 is 0 Å². The molecule has 0 aliphatic carbocycles. The van der Waals surface area contributed by atoms with Crippen LogP contribution in [0, 0.1) is 0 Å². The first-order chi connectivity index (χ1) is 16.2. The molecule has 0 saturated heterocycles. The molecule has 0 spiro atoms. The van der Waals surface area contributed by atoms with Crippen LogP contribution in [0.1, 0.15) is 33.5 Å². The molecule has 0 saturated carbocycles. The SMILES string of the molecule is CCN(O)c1cccc(-c2ccc(C(=O)Nc3ncc(Cc4cccc(C(F)(F)F)c4)s3)o2)c1. The molecule has 1 amide bonds. The Morgan fingerprint density at radius 2 is 1.94 bits per heavy atom. The third-order valence-corrected chi connectivity index (χ3v) is 5.88. The van der Waals surface area contributed by atoms with Gasteiger partial charge in [0.1, 0.15) is 5.76 Å². The fourth-order valence-electron chi connectivity index (χ4n) is 3.28. The predicted octanol–water partition coefficient (Wildman–Crippen LogP) is 6.48. The van der Waals surface area contributed by atoms with Gasteiger partial charge >= 0.3 is 6.18 Å². The van der Waals surface area contributed by atoms with E-state index in [1.807, 2.05) is 6.92 Å². The van der Waals surface area contributed by atoms with Crippen LogP contribution in [0.15, 0.2) is 71.3 Å². The number of anilines is 2. The summed E-state index contributed by atoms with van der Waals surface area (Å²) in [6, 6.07) is 15.4. The fraction of sp³-hybridized carbons (Fsp3) is 0.167. The van der Waals surface area contributed by atoms with E-state index in [1.54, 1.807) is 36.4 Å². The quantitative estimate of drug-likeness (QED) is 0.292. The lowest BCUT2D eigenvalue weighted by Gasteiger charge is -2.14. The van der Waals surface area contributed by atoms with E-state index in [0.29, 0.717) is 39.1 Å². The number of hydrogen-bond acceptors (Lipinski definition) is 6. The van der Waals surface area contributed by atoms with Gasteiger partial charge in [-0.05, 0) is 42.8 Å². The minimum atomic E-state index is -4.40. The Labute approximate surface area is 197 Å². The molecule has 2 N–H and O–H groups in total. The summed E-state index contributed by atoms with van der Waals surface area (Å²) in [6.45, 7) is 2.23. The number of aromatic nitrogens is 1. The number of nitrogens with one attached hydrogen (secondary N) is 1. The van der Waals surface area contributed by atoms with E-state index in [0.717, 1.165) is 17.2 Å². The number of thiazole rings is 1. The van der Waals surface area contributed by atoms with Crippen molar-refractivity contribution < 1.29 is 27.6 Å². The Morgan fingerprint density at radius 1 is 1.15 bits per heavy atom. The van der Waals surface area contributed by atoms with Crippen molar-refractivity contribution in [1.29, 1.82) is 0 Å². The Hall–Kier alpha value is -3.63. The number of benzene rings is 2. The Bertz CT molecular complexity index is 1300. The number of hydrogen-bond donors (Lipinski definition) is 2. The van der Waals surface area contributed by atoms with Crippen molar-refractivity contribution in [2.45, 2.75) is 19.5 Å². The summed E-state index contributed by atoms with van der Waals surface area (Å²) < 4.78 is 44.4. The van der Waals surface area contributed by atoms with E-state index in [2.05, 4.69) is 10.3 Å². The average Bonchev–Trinajstić information content (AvgIpc) is 3.48. The third-order valence-electron chi connectivity index (χ3n) is 4.96. The zero-order chi connectivity index (χ0) is 24.3. The van der Waals surface area contributed by atoms with Crippen molar-refractivity contribution in [3.05, 3.63) is 88.6 Å². The van der Waals surface area contributed by atoms with Crippen LogP contribution in [0.2, 0.25) is 0 Å². The summed E-state index contributed by atoms with van der Waals surface area (Å²) in [6.07, 6.45) is -2.62. The maximum Gasteiger partial charge on any atom is 0.416 e. The second-order valence-corrected chi connectivity index (χ2v) is 8.51. The molecule has 0 unspecified atom stereocenters. The van der Waals surface area contributed by atoms with Crippen LogP contribution in [0.5, 0.6) is 0 Å². The van der Waals surface area contributed by atoms with Crippen molar-refractivity contribution in [3.8, 4) is 11.3 Å². The summed E-state index contributed by atoms with van der Waals surface area (Å²) in [5.41, 5.74) is 1.09. The maximum absolute atomic E-state index is 12.9. The predicted molar refractivity (Wildman–Crippen MR) is 123 cm³/mol. The van der Waals surface area contributed by atoms with Gasteiger partial charge in [-0.25, -0.2) is 4.98 Å². The maximum atomic E-state index is 12.9. The molecule has 0 radical (unpaired) electrons. The van der Waals surface area contributed by atoms with E-state index in [1.165, 1.54) is 29.7 Å². The summed E-state index contributed by atoms with van der Waals surface area (Å²) in [7, 11) is 0. The van der Waals surface area contributed by atoms with Crippen molar-refractivity contribution in [1.82, 2.24) is 4.98 Å². The number of halogens is 3. The second kappa shape index (κ2) is 9.70. The van der Waals surface area contributed by atoms with E-state index in [4.69, 9.17) is 4.42 Å². The van der Waals surface area contributed by atoms with Crippen molar-refractivity contribution in [2.75, 3.05) is 16.9 Å². The van der Waals surface area contributed by atoms with Crippen LogP contribution >= 0.6 is 11.3 Å². The summed E-state index contributed by atoms with van der Waals surface area (Å²) in [5.74, 6) is 0.0342. The lowest BCUT2D eigenvalue weighted by Crippen LogP contribution is -2.16. The molecule has 4 rings (SSSR count). The summed E-state index contributed by atoms with van der Waals surface area (Å²) in [4.78, 5) is 17.4. The molecule has 34 heavy (non-hydrogen) atoms. The van der Waals surface area contributed by atoms with Gasteiger partial charge in [0.05, 0.1) is 11.3 Å². The van der Waals surface area contributed by atoms with Crippen LogP contribution in [0.4, 0.5) is 24.0 Å². The minimum Gasteiger partial charge on any atom is -0.451 e. The van der Waals surface area contributed by atoms with E-state index < -0.39 is 17.6 Å². The Morgan fingerprint density at radius 3 is 2.71 bits per heavy atom. The smallest absolute Gasteiger partial charge is 0.416 e. The monoisotopic (exact) mass is 487 g/mol. The van der Waals surface area contributed by atoms with Crippen LogP contribution in [-0.2, 0) is 12.6 Å². The van der Waals surface area contributed by atoms with E-state index in [-0.39, 0.29) is 12.2 Å². The molecule has 0 aliphatic rings. The molecule has 6 nitrogen and oxygen atoms in total. The molecule has 0 aliphatic heterocycles.